The lowest BCUT2D eigenvalue weighted by Gasteiger charge is -2.19. The van der Waals surface area contributed by atoms with Crippen LogP contribution >= 0.6 is 15.9 Å². The Labute approximate surface area is 76.8 Å². The minimum Gasteiger partial charge on any atom is -0.772 e. The summed E-state index contributed by atoms with van der Waals surface area (Å²) in [5.74, 6) is 0. The van der Waals surface area contributed by atoms with Gasteiger partial charge in [0.05, 0.1) is 0 Å². The Balaban J connectivity index is 2.77. The molecule has 2 unspecified atom stereocenters. The Morgan fingerprint density at radius 1 is 1.82 bits per heavy atom. The highest BCUT2D eigenvalue weighted by atomic mass is 79.9. The Kier molecular flexibility index (Phi) is 3.04. The number of hydrogen-bond donors (Lipinski definition) is 0. The van der Waals surface area contributed by atoms with E-state index in [2.05, 4.69) is 15.9 Å². The van der Waals surface area contributed by atoms with Crippen molar-refractivity contribution in [3.63, 3.8) is 0 Å². The van der Waals surface area contributed by atoms with Crippen molar-refractivity contribution in [1.82, 2.24) is 0 Å². The van der Waals surface area contributed by atoms with Gasteiger partial charge in [-0.3, -0.25) is 4.21 Å². The fourth-order valence-electron chi connectivity index (χ4n) is 0.941. The van der Waals surface area contributed by atoms with Crippen LogP contribution in [0.2, 0.25) is 0 Å². The molecule has 1 rings (SSSR count). The van der Waals surface area contributed by atoms with Gasteiger partial charge in [0.1, 0.15) is 0 Å². The summed E-state index contributed by atoms with van der Waals surface area (Å²) in [6.07, 6.45) is 4.22. The molecule has 0 saturated carbocycles. The van der Waals surface area contributed by atoms with Gasteiger partial charge in [0.15, 0.2) is 0 Å². The van der Waals surface area contributed by atoms with Crippen molar-refractivity contribution in [2.45, 2.75) is 18.6 Å². The van der Waals surface area contributed by atoms with E-state index in [0.29, 0.717) is 6.42 Å². The Bertz CT molecular complexity index is 245. The van der Waals surface area contributed by atoms with Gasteiger partial charge in [-0.05, 0) is 30.0 Å². The highest BCUT2D eigenvalue weighted by Crippen LogP contribution is 2.24. The molecule has 1 aliphatic rings. The minimum absolute atomic E-state index is 0.337. The molecular formula is C7H8BrO2S-. The maximum Gasteiger partial charge on any atom is 0.0436 e. The highest BCUT2D eigenvalue weighted by molar-refractivity contribution is 9.12. The summed E-state index contributed by atoms with van der Waals surface area (Å²) in [5.41, 5.74) is 0.991. The first-order chi connectivity index (χ1) is 5.11. The molecule has 11 heavy (non-hydrogen) atoms. The predicted molar refractivity (Wildman–Crippen MR) is 48.1 cm³/mol. The molecule has 0 spiro atoms. The maximum atomic E-state index is 10.5. The fourth-order valence-corrected chi connectivity index (χ4v) is 1.83. The molecule has 0 aromatic heterocycles. The topological polar surface area (TPSA) is 40.1 Å². The average molecular weight is 236 g/mol. The summed E-state index contributed by atoms with van der Waals surface area (Å²) in [6.45, 7) is 1.89. The van der Waals surface area contributed by atoms with Gasteiger partial charge in [0.2, 0.25) is 0 Å². The monoisotopic (exact) mass is 235 g/mol. The van der Waals surface area contributed by atoms with Crippen LogP contribution in [0.25, 0.3) is 0 Å². The number of allylic oxidation sites excluding steroid dienone is 3. The second kappa shape index (κ2) is 3.65. The quantitative estimate of drug-likeness (QED) is 0.652. The van der Waals surface area contributed by atoms with E-state index in [9.17, 15) is 8.76 Å². The number of halogens is 1. The first-order valence-corrected chi connectivity index (χ1v) is 5.17. The predicted octanol–water partition coefficient (Wildman–Crippen LogP) is 1.86. The molecule has 0 heterocycles. The van der Waals surface area contributed by atoms with Crippen molar-refractivity contribution in [3.8, 4) is 0 Å². The molecule has 0 N–H and O–H groups in total. The summed E-state index contributed by atoms with van der Waals surface area (Å²) < 4.78 is 22.0. The molecule has 0 aliphatic heterocycles. The van der Waals surface area contributed by atoms with Gasteiger partial charge in [0.25, 0.3) is 0 Å². The molecule has 0 saturated heterocycles. The molecule has 62 valence electrons. The van der Waals surface area contributed by atoms with Crippen LogP contribution in [0.1, 0.15) is 13.3 Å². The third-order valence-corrected chi connectivity index (χ3v) is 3.36. The molecule has 0 radical (unpaired) electrons. The van der Waals surface area contributed by atoms with E-state index >= 15 is 0 Å². The van der Waals surface area contributed by atoms with E-state index in [4.69, 9.17) is 0 Å². The van der Waals surface area contributed by atoms with Crippen LogP contribution < -0.4 is 0 Å². The molecule has 0 aromatic carbocycles. The van der Waals surface area contributed by atoms with E-state index in [0.717, 1.165) is 10.1 Å². The molecule has 0 fully saturated rings. The van der Waals surface area contributed by atoms with Gasteiger partial charge in [-0.2, -0.15) is 0 Å². The van der Waals surface area contributed by atoms with E-state index in [1.54, 1.807) is 6.08 Å². The summed E-state index contributed by atoms with van der Waals surface area (Å²) >= 11 is 1.34. The Hall–Kier alpha value is 0.0700. The van der Waals surface area contributed by atoms with Gasteiger partial charge in [-0.1, -0.05) is 28.1 Å². The maximum absolute atomic E-state index is 10.5. The summed E-state index contributed by atoms with van der Waals surface area (Å²) in [6, 6.07) is 0. The van der Waals surface area contributed by atoms with Crippen molar-refractivity contribution >= 4 is 27.0 Å². The fraction of sp³-hybridized carbons (Fsp3) is 0.429. The van der Waals surface area contributed by atoms with Crippen molar-refractivity contribution in [2.75, 3.05) is 0 Å². The summed E-state index contributed by atoms with van der Waals surface area (Å²) in [7, 11) is 0. The molecule has 2 atom stereocenters. The minimum atomic E-state index is -1.98. The van der Waals surface area contributed by atoms with Crippen molar-refractivity contribution < 1.29 is 8.76 Å². The van der Waals surface area contributed by atoms with Crippen molar-refractivity contribution in [1.29, 1.82) is 0 Å². The van der Waals surface area contributed by atoms with Gasteiger partial charge < -0.3 is 4.55 Å². The molecular weight excluding hydrogens is 228 g/mol. The summed E-state index contributed by atoms with van der Waals surface area (Å²) in [5, 5.41) is -0.337. The van der Waals surface area contributed by atoms with Gasteiger partial charge in [0, 0.05) is 9.73 Å². The molecule has 0 aromatic rings. The van der Waals surface area contributed by atoms with Crippen LogP contribution in [0.5, 0.6) is 0 Å². The smallest absolute Gasteiger partial charge is 0.0436 e. The van der Waals surface area contributed by atoms with Crippen LogP contribution in [0.3, 0.4) is 0 Å². The normalized spacial score (nSPS) is 27.4. The van der Waals surface area contributed by atoms with Crippen LogP contribution in [0.15, 0.2) is 22.2 Å². The average Bonchev–Trinajstić information content (AvgIpc) is 1.94. The molecule has 0 amide bonds. The SMILES string of the molecule is CC1=CC(S(=O)[O-])CC=C1Br. The Morgan fingerprint density at radius 3 is 2.91 bits per heavy atom. The number of hydrogen-bond acceptors (Lipinski definition) is 2. The van der Waals surface area contributed by atoms with Gasteiger partial charge >= 0.3 is 0 Å². The Morgan fingerprint density at radius 2 is 2.45 bits per heavy atom. The van der Waals surface area contributed by atoms with E-state index in [1.807, 2.05) is 13.0 Å². The second-order valence-electron chi connectivity index (χ2n) is 2.44. The highest BCUT2D eigenvalue weighted by Gasteiger charge is 2.11. The molecule has 4 heteroatoms. The molecule has 2 nitrogen and oxygen atoms in total. The zero-order valence-corrected chi connectivity index (χ0v) is 8.44. The standard InChI is InChI=1S/C7H9BrO2S/c1-5-4-6(11(9)10)2-3-7(5)8/h3-4,6H,2H2,1H3,(H,9,10)/p-1. The second-order valence-corrected chi connectivity index (χ2v) is 4.42. The van der Waals surface area contributed by atoms with Gasteiger partial charge in [-0.25, -0.2) is 0 Å². The van der Waals surface area contributed by atoms with Crippen LogP contribution in [0, 0.1) is 0 Å². The van der Waals surface area contributed by atoms with Crippen molar-refractivity contribution in [3.05, 3.63) is 22.2 Å². The third-order valence-electron chi connectivity index (χ3n) is 1.59. The zero-order chi connectivity index (χ0) is 8.43. The lowest BCUT2D eigenvalue weighted by molar-refractivity contribution is 0.529. The lowest BCUT2D eigenvalue weighted by atomic mass is 10.1. The first kappa shape index (κ1) is 9.16. The summed E-state index contributed by atoms with van der Waals surface area (Å²) in [4.78, 5) is 0. The van der Waals surface area contributed by atoms with Crippen molar-refractivity contribution in [2.24, 2.45) is 0 Å². The van der Waals surface area contributed by atoms with Crippen LogP contribution in [-0.2, 0) is 11.1 Å². The first-order valence-electron chi connectivity index (χ1n) is 3.24. The van der Waals surface area contributed by atoms with E-state index in [1.165, 1.54) is 0 Å². The lowest BCUT2D eigenvalue weighted by Crippen LogP contribution is -2.13. The van der Waals surface area contributed by atoms with Crippen LogP contribution in [-0.4, -0.2) is 14.0 Å². The number of rotatable bonds is 1. The molecule has 1 aliphatic carbocycles. The third kappa shape index (κ3) is 2.25. The van der Waals surface area contributed by atoms with Crippen LogP contribution in [0.4, 0.5) is 0 Å². The van der Waals surface area contributed by atoms with Gasteiger partial charge in [-0.15, -0.1) is 0 Å². The largest absolute Gasteiger partial charge is 0.772 e. The molecule has 0 bridgehead atoms. The van der Waals surface area contributed by atoms with E-state index in [-0.39, 0.29) is 5.25 Å². The van der Waals surface area contributed by atoms with E-state index < -0.39 is 11.1 Å². The zero-order valence-electron chi connectivity index (χ0n) is 6.04.